The van der Waals surface area contributed by atoms with Crippen molar-refractivity contribution in [1.29, 1.82) is 0 Å². The molecule has 0 saturated heterocycles. The molecule has 0 saturated carbocycles. The van der Waals surface area contributed by atoms with Crippen LogP contribution in [-0.2, 0) is 11.2 Å². The Hall–Kier alpha value is -2.82. The van der Waals surface area contributed by atoms with E-state index >= 15 is 0 Å². The molecule has 0 aromatic heterocycles. The lowest BCUT2D eigenvalue weighted by atomic mass is 10.1. The first-order valence-corrected chi connectivity index (χ1v) is 7.55. The predicted octanol–water partition coefficient (Wildman–Crippen LogP) is 3.22. The third kappa shape index (κ3) is 5.12. The Labute approximate surface area is 140 Å². The molecule has 126 valence electrons. The van der Waals surface area contributed by atoms with Crippen molar-refractivity contribution in [3.8, 4) is 11.5 Å². The van der Waals surface area contributed by atoms with Crippen LogP contribution in [0.3, 0.4) is 0 Å². The van der Waals surface area contributed by atoms with Crippen LogP contribution in [0.1, 0.15) is 11.1 Å². The Morgan fingerprint density at radius 3 is 2.54 bits per heavy atom. The van der Waals surface area contributed by atoms with Gasteiger partial charge in [-0.15, -0.1) is 0 Å². The van der Waals surface area contributed by atoms with Gasteiger partial charge in [-0.2, -0.15) is 0 Å². The van der Waals surface area contributed by atoms with Gasteiger partial charge in [0.05, 0.1) is 14.2 Å². The number of carbonyl (C=O) groups is 1. The monoisotopic (exact) mass is 329 g/mol. The van der Waals surface area contributed by atoms with Crippen LogP contribution in [0.15, 0.2) is 48.5 Å². The quantitative estimate of drug-likeness (QED) is 0.794. The third-order valence-corrected chi connectivity index (χ3v) is 3.48. The summed E-state index contributed by atoms with van der Waals surface area (Å²) in [6.07, 6.45) is 3.78. The number of hydrogen-bond donors (Lipinski definition) is 1. The second-order valence-electron chi connectivity index (χ2n) is 5.11. The van der Waals surface area contributed by atoms with Gasteiger partial charge in [-0.3, -0.25) is 4.79 Å². The summed E-state index contributed by atoms with van der Waals surface area (Å²) in [5.41, 5.74) is 1.75. The third-order valence-electron chi connectivity index (χ3n) is 3.48. The van der Waals surface area contributed by atoms with E-state index < -0.39 is 0 Å². The normalized spacial score (nSPS) is 10.6. The smallest absolute Gasteiger partial charge is 0.244 e. The fourth-order valence-corrected chi connectivity index (χ4v) is 2.16. The molecular weight excluding hydrogens is 309 g/mol. The standard InChI is InChI=1S/C19H20FNO3/c1-23-17-9-5-15(18(13-17)24-2)6-10-19(22)21-12-11-14-3-7-16(20)8-4-14/h3-10,13H,11-12H2,1-2H3,(H,21,22)/b10-6+. The van der Waals surface area contributed by atoms with E-state index in [1.165, 1.54) is 18.2 Å². The Bertz CT molecular complexity index is 711. The summed E-state index contributed by atoms with van der Waals surface area (Å²) < 4.78 is 23.2. The molecule has 0 aliphatic carbocycles. The number of nitrogens with one attached hydrogen (secondary N) is 1. The first-order valence-electron chi connectivity index (χ1n) is 7.55. The number of halogens is 1. The lowest BCUT2D eigenvalue weighted by Gasteiger charge is -2.07. The molecule has 0 radical (unpaired) electrons. The van der Waals surface area contributed by atoms with E-state index in [9.17, 15) is 9.18 Å². The highest BCUT2D eigenvalue weighted by Gasteiger charge is 2.03. The minimum atomic E-state index is -0.265. The van der Waals surface area contributed by atoms with Gasteiger partial charge in [0.2, 0.25) is 5.91 Å². The van der Waals surface area contributed by atoms with Crippen LogP contribution in [0, 0.1) is 5.82 Å². The molecule has 2 rings (SSSR count). The number of hydrogen-bond acceptors (Lipinski definition) is 3. The molecule has 4 nitrogen and oxygen atoms in total. The maximum absolute atomic E-state index is 12.8. The van der Waals surface area contributed by atoms with E-state index in [4.69, 9.17) is 9.47 Å². The van der Waals surface area contributed by atoms with Crippen molar-refractivity contribution >= 4 is 12.0 Å². The van der Waals surface area contributed by atoms with Crippen LogP contribution in [0.25, 0.3) is 6.08 Å². The highest BCUT2D eigenvalue weighted by molar-refractivity contribution is 5.92. The zero-order valence-corrected chi connectivity index (χ0v) is 13.7. The maximum Gasteiger partial charge on any atom is 0.244 e. The second kappa shape index (κ2) is 8.72. The summed E-state index contributed by atoms with van der Waals surface area (Å²) in [6, 6.07) is 11.6. The van der Waals surface area contributed by atoms with Crippen LogP contribution in [0.5, 0.6) is 11.5 Å². The zero-order chi connectivity index (χ0) is 17.4. The van der Waals surface area contributed by atoms with Crippen LogP contribution in [0.2, 0.25) is 0 Å². The highest BCUT2D eigenvalue weighted by Crippen LogP contribution is 2.25. The van der Waals surface area contributed by atoms with Crippen LogP contribution >= 0.6 is 0 Å². The first-order chi connectivity index (χ1) is 11.6. The molecule has 0 aliphatic rings. The summed E-state index contributed by atoms with van der Waals surface area (Å²) in [7, 11) is 3.15. The summed E-state index contributed by atoms with van der Waals surface area (Å²) in [4.78, 5) is 11.9. The molecule has 2 aromatic carbocycles. The highest BCUT2D eigenvalue weighted by atomic mass is 19.1. The molecule has 0 fully saturated rings. The van der Waals surface area contributed by atoms with Crippen molar-refractivity contribution in [2.24, 2.45) is 0 Å². The van der Waals surface area contributed by atoms with Gasteiger partial charge in [0, 0.05) is 24.3 Å². The first kappa shape index (κ1) is 17.5. The van der Waals surface area contributed by atoms with Crippen molar-refractivity contribution in [2.75, 3.05) is 20.8 Å². The minimum absolute atomic E-state index is 0.199. The zero-order valence-electron chi connectivity index (χ0n) is 13.7. The van der Waals surface area contributed by atoms with Crippen LogP contribution in [-0.4, -0.2) is 26.7 Å². The molecule has 1 N–H and O–H groups in total. The van der Waals surface area contributed by atoms with Crippen LogP contribution in [0.4, 0.5) is 4.39 Å². The predicted molar refractivity (Wildman–Crippen MR) is 91.7 cm³/mol. The van der Waals surface area contributed by atoms with Gasteiger partial charge in [-0.25, -0.2) is 4.39 Å². The molecule has 0 unspecified atom stereocenters. The van der Waals surface area contributed by atoms with E-state index in [0.29, 0.717) is 24.5 Å². The molecule has 0 heterocycles. The number of methoxy groups -OCH3 is 2. The summed E-state index contributed by atoms with van der Waals surface area (Å²) >= 11 is 0. The van der Waals surface area contributed by atoms with Gasteiger partial charge in [0.25, 0.3) is 0 Å². The molecule has 2 aromatic rings. The van der Waals surface area contributed by atoms with Crippen LogP contribution < -0.4 is 14.8 Å². The van der Waals surface area contributed by atoms with Gasteiger partial charge in [0.15, 0.2) is 0 Å². The SMILES string of the molecule is COc1ccc(/C=C/C(=O)NCCc2ccc(F)cc2)c(OC)c1. The molecule has 0 atom stereocenters. The molecule has 1 amide bonds. The number of ether oxygens (including phenoxy) is 2. The fourth-order valence-electron chi connectivity index (χ4n) is 2.16. The van der Waals surface area contributed by atoms with Gasteiger partial charge in [-0.05, 0) is 42.3 Å². The number of amides is 1. The Kier molecular flexibility index (Phi) is 6.37. The van der Waals surface area contributed by atoms with Crippen molar-refractivity contribution < 1.29 is 18.7 Å². The van der Waals surface area contributed by atoms with Gasteiger partial charge in [-0.1, -0.05) is 12.1 Å². The topological polar surface area (TPSA) is 47.6 Å². The summed E-state index contributed by atoms with van der Waals surface area (Å²) in [5, 5.41) is 2.79. The van der Waals surface area contributed by atoms with E-state index in [2.05, 4.69) is 5.32 Å². The lowest BCUT2D eigenvalue weighted by molar-refractivity contribution is -0.116. The van der Waals surface area contributed by atoms with E-state index in [0.717, 1.165) is 11.1 Å². The van der Waals surface area contributed by atoms with Gasteiger partial charge in [0.1, 0.15) is 17.3 Å². The Morgan fingerprint density at radius 2 is 1.88 bits per heavy atom. The molecule has 0 aliphatic heterocycles. The molecule has 0 bridgehead atoms. The minimum Gasteiger partial charge on any atom is -0.497 e. The van der Waals surface area contributed by atoms with Crippen molar-refractivity contribution in [3.63, 3.8) is 0 Å². The van der Waals surface area contributed by atoms with E-state index in [1.54, 1.807) is 44.6 Å². The maximum atomic E-state index is 12.8. The van der Waals surface area contributed by atoms with Gasteiger partial charge >= 0.3 is 0 Å². The summed E-state index contributed by atoms with van der Waals surface area (Å²) in [5.74, 6) is 0.853. The van der Waals surface area contributed by atoms with Crippen molar-refractivity contribution in [3.05, 3.63) is 65.5 Å². The van der Waals surface area contributed by atoms with Crippen molar-refractivity contribution in [2.45, 2.75) is 6.42 Å². The molecular formula is C19H20FNO3. The van der Waals surface area contributed by atoms with Crippen molar-refractivity contribution in [1.82, 2.24) is 5.32 Å². The van der Waals surface area contributed by atoms with E-state index in [-0.39, 0.29) is 11.7 Å². The van der Waals surface area contributed by atoms with Gasteiger partial charge < -0.3 is 14.8 Å². The summed E-state index contributed by atoms with van der Waals surface area (Å²) in [6.45, 7) is 0.481. The Balaban J connectivity index is 1.87. The fraction of sp³-hybridized carbons (Fsp3) is 0.211. The molecule has 0 spiro atoms. The second-order valence-corrected chi connectivity index (χ2v) is 5.11. The number of rotatable bonds is 7. The lowest BCUT2D eigenvalue weighted by Crippen LogP contribution is -2.23. The average molecular weight is 329 g/mol. The molecule has 5 heteroatoms. The van der Waals surface area contributed by atoms with E-state index in [1.807, 2.05) is 6.07 Å². The Morgan fingerprint density at radius 1 is 1.12 bits per heavy atom. The number of carbonyl (C=O) groups excluding carboxylic acids is 1. The largest absolute Gasteiger partial charge is 0.497 e. The average Bonchev–Trinajstić information content (AvgIpc) is 2.61. The molecule has 24 heavy (non-hydrogen) atoms. The number of benzene rings is 2.